The molecule has 19 heavy (non-hydrogen) atoms. The lowest BCUT2D eigenvalue weighted by atomic mass is 10.0. The van der Waals surface area contributed by atoms with E-state index in [1.165, 1.54) is 0 Å². The van der Waals surface area contributed by atoms with Gasteiger partial charge in [0.25, 0.3) is 0 Å². The number of sulfonamides is 1. The van der Waals surface area contributed by atoms with Gasteiger partial charge in [-0.2, -0.15) is 0 Å². The molecule has 0 aliphatic heterocycles. The summed E-state index contributed by atoms with van der Waals surface area (Å²) in [6.07, 6.45) is 4.88. The van der Waals surface area contributed by atoms with Crippen molar-refractivity contribution in [2.45, 2.75) is 52.9 Å². The summed E-state index contributed by atoms with van der Waals surface area (Å²) in [5.74, 6) is 0.441. The van der Waals surface area contributed by atoms with Gasteiger partial charge < -0.3 is 0 Å². The topological polar surface area (TPSA) is 72.0 Å². The fraction of sp³-hybridized carbons (Fsp3) is 0.692. The van der Waals surface area contributed by atoms with E-state index in [0.717, 1.165) is 30.5 Å². The number of hydrogen-bond acceptors (Lipinski definition) is 4. The van der Waals surface area contributed by atoms with Crippen LogP contribution in [0.2, 0.25) is 0 Å². The lowest BCUT2D eigenvalue weighted by Crippen LogP contribution is -2.17. The van der Waals surface area contributed by atoms with Crippen LogP contribution in [0, 0.1) is 0 Å². The highest BCUT2D eigenvalue weighted by Gasteiger charge is 2.14. The summed E-state index contributed by atoms with van der Waals surface area (Å²) in [4.78, 5) is 8.46. The van der Waals surface area contributed by atoms with E-state index in [9.17, 15) is 8.42 Å². The van der Waals surface area contributed by atoms with E-state index in [0.29, 0.717) is 0 Å². The second kappa shape index (κ2) is 6.84. The number of aromatic nitrogens is 2. The number of nitrogens with one attached hydrogen (secondary N) is 1. The number of anilines is 1. The van der Waals surface area contributed by atoms with E-state index in [-0.39, 0.29) is 17.6 Å². The summed E-state index contributed by atoms with van der Waals surface area (Å²) in [7, 11) is -3.32. The third-order valence-corrected chi connectivity index (χ3v) is 4.13. The quantitative estimate of drug-likeness (QED) is 0.836. The van der Waals surface area contributed by atoms with Gasteiger partial charge in [-0.05, 0) is 31.2 Å². The molecular weight excluding hydrogens is 262 g/mol. The van der Waals surface area contributed by atoms with Gasteiger partial charge in [-0.1, -0.05) is 27.2 Å². The molecule has 0 saturated heterocycles. The fourth-order valence-corrected chi connectivity index (χ4v) is 2.26. The average molecular weight is 285 g/mol. The summed E-state index contributed by atoms with van der Waals surface area (Å²) in [5, 5.41) is 0. The van der Waals surface area contributed by atoms with Gasteiger partial charge in [0.15, 0.2) is 0 Å². The highest BCUT2D eigenvalue weighted by Crippen LogP contribution is 2.20. The molecule has 0 aliphatic carbocycles. The van der Waals surface area contributed by atoms with Gasteiger partial charge >= 0.3 is 0 Å². The molecule has 6 heteroatoms. The molecule has 5 nitrogen and oxygen atoms in total. The first-order valence-electron chi connectivity index (χ1n) is 6.75. The predicted molar refractivity (Wildman–Crippen MR) is 77.8 cm³/mol. The van der Waals surface area contributed by atoms with Gasteiger partial charge in [-0.15, -0.1) is 0 Å². The zero-order valence-corrected chi connectivity index (χ0v) is 12.9. The molecule has 0 atom stereocenters. The largest absolute Gasteiger partial charge is 0.251 e. The number of rotatable bonds is 7. The maximum atomic E-state index is 11.5. The maximum Gasteiger partial charge on any atom is 0.236 e. The van der Waals surface area contributed by atoms with Crippen LogP contribution < -0.4 is 4.72 Å². The fourth-order valence-electron chi connectivity index (χ4n) is 1.74. The van der Waals surface area contributed by atoms with Gasteiger partial charge in [-0.25, -0.2) is 18.4 Å². The first-order valence-corrected chi connectivity index (χ1v) is 8.41. The molecule has 1 rings (SSSR count). The van der Waals surface area contributed by atoms with Gasteiger partial charge in [0, 0.05) is 6.20 Å². The van der Waals surface area contributed by atoms with E-state index in [1.807, 2.05) is 0 Å². The van der Waals surface area contributed by atoms with Crippen molar-refractivity contribution in [3.8, 4) is 0 Å². The molecule has 0 saturated carbocycles. The van der Waals surface area contributed by atoms with Gasteiger partial charge in [0.2, 0.25) is 16.0 Å². The zero-order valence-electron chi connectivity index (χ0n) is 12.1. The van der Waals surface area contributed by atoms with Crippen molar-refractivity contribution < 1.29 is 8.42 Å². The summed E-state index contributed by atoms with van der Waals surface area (Å²) in [6, 6.07) is 0. The number of nitrogens with zero attached hydrogens (tertiary/aromatic N) is 2. The molecule has 0 aliphatic rings. The Labute approximate surface area is 115 Å². The molecule has 0 aromatic carbocycles. The Morgan fingerprint density at radius 1 is 1.32 bits per heavy atom. The van der Waals surface area contributed by atoms with Crippen molar-refractivity contribution in [3.63, 3.8) is 0 Å². The highest BCUT2D eigenvalue weighted by atomic mass is 32.2. The van der Waals surface area contributed by atoms with Crippen LogP contribution >= 0.6 is 0 Å². The van der Waals surface area contributed by atoms with Crippen molar-refractivity contribution in [1.29, 1.82) is 0 Å². The summed E-state index contributed by atoms with van der Waals surface area (Å²) in [6.45, 7) is 7.83. The molecule has 0 bridgehead atoms. The van der Waals surface area contributed by atoms with Crippen LogP contribution in [-0.4, -0.2) is 24.1 Å². The molecule has 1 aromatic heterocycles. The van der Waals surface area contributed by atoms with Crippen LogP contribution in [0.25, 0.3) is 0 Å². The third-order valence-electron chi connectivity index (χ3n) is 2.87. The Bertz CT molecular complexity index is 513. The lowest BCUT2D eigenvalue weighted by molar-refractivity contribution is 0.601. The molecule has 0 radical (unpaired) electrons. The molecule has 108 valence electrons. The van der Waals surface area contributed by atoms with Crippen molar-refractivity contribution in [2.24, 2.45) is 0 Å². The van der Waals surface area contributed by atoms with Crippen molar-refractivity contribution in [2.75, 3.05) is 10.5 Å². The molecule has 0 unspecified atom stereocenters. The highest BCUT2D eigenvalue weighted by molar-refractivity contribution is 7.92. The Kier molecular flexibility index (Phi) is 5.72. The van der Waals surface area contributed by atoms with Gasteiger partial charge in [0.1, 0.15) is 0 Å². The molecule has 0 amide bonds. The minimum atomic E-state index is -3.32. The number of aryl methyl sites for hydroxylation is 1. The van der Waals surface area contributed by atoms with Gasteiger partial charge in [0.05, 0.1) is 11.4 Å². The molecule has 1 N–H and O–H groups in total. The Balaban J connectivity index is 3.02. The van der Waals surface area contributed by atoms with E-state index >= 15 is 0 Å². The normalized spacial score (nSPS) is 11.8. The van der Waals surface area contributed by atoms with E-state index in [4.69, 9.17) is 0 Å². The monoisotopic (exact) mass is 285 g/mol. The maximum absolute atomic E-state index is 11.5. The SMILES string of the molecule is CCCCc1cnc(NS(=O)(=O)CC)nc1C(C)C. The van der Waals surface area contributed by atoms with E-state index < -0.39 is 10.0 Å². The smallest absolute Gasteiger partial charge is 0.236 e. The van der Waals surface area contributed by atoms with Gasteiger partial charge in [-0.3, -0.25) is 4.72 Å². The van der Waals surface area contributed by atoms with E-state index in [2.05, 4.69) is 35.5 Å². The minimum absolute atomic E-state index is 0.0188. The zero-order chi connectivity index (χ0) is 14.5. The summed E-state index contributed by atoms with van der Waals surface area (Å²) in [5.41, 5.74) is 2.04. The first-order chi connectivity index (χ1) is 8.89. The Morgan fingerprint density at radius 3 is 2.53 bits per heavy atom. The van der Waals surface area contributed by atoms with Crippen LogP contribution in [0.1, 0.15) is 57.7 Å². The first kappa shape index (κ1) is 15.9. The molecule has 1 aromatic rings. The van der Waals surface area contributed by atoms with Crippen LogP contribution in [0.4, 0.5) is 5.95 Å². The van der Waals surface area contributed by atoms with E-state index in [1.54, 1.807) is 13.1 Å². The summed E-state index contributed by atoms with van der Waals surface area (Å²) < 4.78 is 25.4. The molecular formula is C13H23N3O2S. The second-order valence-corrected chi connectivity index (χ2v) is 6.88. The van der Waals surface area contributed by atoms with Crippen LogP contribution in [0.5, 0.6) is 0 Å². The minimum Gasteiger partial charge on any atom is -0.251 e. The van der Waals surface area contributed by atoms with Crippen LogP contribution in [0.15, 0.2) is 6.20 Å². The lowest BCUT2D eigenvalue weighted by Gasteiger charge is -2.13. The predicted octanol–water partition coefficient (Wildman–Crippen LogP) is 2.70. The third kappa shape index (κ3) is 4.78. The molecule has 0 spiro atoms. The molecule has 1 heterocycles. The van der Waals surface area contributed by atoms with Crippen LogP contribution in [0.3, 0.4) is 0 Å². The number of unbranched alkanes of at least 4 members (excludes halogenated alkanes) is 1. The van der Waals surface area contributed by atoms with Crippen molar-refractivity contribution >= 4 is 16.0 Å². The molecule has 0 fully saturated rings. The Hall–Kier alpha value is -1.17. The second-order valence-electron chi connectivity index (χ2n) is 4.87. The standard InChI is InChI=1S/C13H23N3O2S/c1-5-7-8-11-9-14-13(15-12(11)10(3)4)16-19(17,18)6-2/h9-10H,5-8H2,1-4H3,(H,14,15,16). The average Bonchev–Trinajstić information content (AvgIpc) is 2.36. The number of hydrogen-bond donors (Lipinski definition) is 1. The van der Waals surface area contributed by atoms with Crippen LogP contribution in [-0.2, 0) is 16.4 Å². The van der Waals surface area contributed by atoms with Crippen molar-refractivity contribution in [1.82, 2.24) is 9.97 Å². The van der Waals surface area contributed by atoms with Crippen molar-refractivity contribution in [3.05, 3.63) is 17.5 Å². The Morgan fingerprint density at radius 2 is 2.00 bits per heavy atom. The summed E-state index contributed by atoms with van der Waals surface area (Å²) >= 11 is 0.